The van der Waals surface area contributed by atoms with E-state index in [1.54, 1.807) is 0 Å². The first-order chi connectivity index (χ1) is 24.5. The van der Waals surface area contributed by atoms with Gasteiger partial charge in [-0.1, -0.05) is 138 Å². The minimum absolute atomic E-state index is 0.116. The first-order valence-electron chi connectivity index (χ1n) is 19.7. The SMILES string of the molecule is CC/C=C\C/C=C\C/C=C\C/C=C\CCCCCCC(=O)OC(/C=C\C/C=C\C/C=C\CCCCC)CCCCCCCC(=O)NCC(=O)O. The standard InChI is InChI=1S/C44H71NO5/c1-3-5-7-9-11-13-15-16-17-18-19-20-22-24-26-31-35-39-44(49)50-41(36-32-28-25-23-21-14-12-10-8-6-4-2)37-33-29-27-30-34-38-42(46)45-40-43(47)48/h5,7,11-14,16-17,19-20,23,25,32,36,41H,3-4,6,8-10,15,18,21-22,24,26-31,33-35,37-40H2,1-2H3,(H,45,46)(H,47,48)/b7-5-,13-11-,14-12-,17-16-,20-19-,25-23-,36-32-. The molecule has 0 spiro atoms. The summed E-state index contributed by atoms with van der Waals surface area (Å²) in [6.07, 6.45) is 52.8. The Morgan fingerprint density at radius 3 is 1.62 bits per heavy atom. The fourth-order valence-electron chi connectivity index (χ4n) is 5.14. The molecule has 0 fully saturated rings. The zero-order valence-electron chi connectivity index (χ0n) is 31.7. The van der Waals surface area contributed by atoms with Gasteiger partial charge in [-0.3, -0.25) is 14.4 Å². The van der Waals surface area contributed by atoms with E-state index in [0.717, 1.165) is 116 Å². The summed E-state index contributed by atoms with van der Waals surface area (Å²) in [4.78, 5) is 34.9. The average molecular weight is 694 g/mol. The maximum absolute atomic E-state index is 12.7. The molecule has 2 N–H and O–H groups in total. The molecule has 0 heterocycles. The smallest absolute Gasteiger partial charge is 0.322 e. The number of carbonyl (C=O) groups excluding carboxylic acids is 2. The first kappa shape index (κ1) is 46.6. The lowest BCUT2D eigenvalue weighted by molar-refractivity contribution is -0.147. The van der Waals surface area contributed by atoms with Gasteiger partial charge in [0.2, 0.25) is 5.91 Å². The highest BCUT2D eigenvalue weighted by Gasteiger charge is 2.11. The predicted molar refractivity (Wildman–Crippen MR) is 212 cm³/mol. The van der Waals surface area contributed by atoms with Crippen LogP contribution in [-0.4, -0.2) is 35.6 Å². The number of esters is 1. The topological polar surface area (TPSA) is 92.7 Å². The average Bonchev–Trinajstić information content (AvgIpc) is 3.10. The molecule has 0 bridgehead atoms. The highest BCUT2D eigenvalue weighted by molar-refractivity contribution is 5.80. The predicted octanol–water partition coefficient (Wildman–Crippen LogP) is 12.0. The number of carbonyl (C=O) groups is 3. The van der Waals surface area contributed by atoms with Crippen LogP contribution < -0.4 is 5.32 Å². The van der Waals surface area contributed by atoms with Crippen LogP contribution in [0.15, 0.2) is 85.1 Å². The molecule has 1 unspecified atom stereocenters. The number of aliphatic carboxylic acids is 1. The number of allylic oxidation sites excluding steroid dienone is 13. The van der Waals surface area contributed by atoms with Crippen LogP contribution >= 0.6 is 0 Å². The molecular weight excluding hydrogens is 622 g/mol. The van der Waals surface area contributed by atoms with Crippen molar-refractivity contribution < 1.29 is 24.2 Å². The normalized spacial score (nSPS) is 13.0. The molecule has 0 rings (SSSR count). The summed E-state index contributed by atoms with van der Waals surface area (Å²) in [5, 5.41) is 11.1. The Morgan fingerprint density at radius 2 is 1.04 bits per heavy atom. The second-order valence-corrected chi connectivity index (χ2v) is 12.8. The van der Waals surface area contributed by atoms with Crippen LogP contribution in [0.1, 0.15) is 162 Å². The van der Waals surface area contributed by atoms with Gasteiger partial charge in [0.1, 0.15) is 12.6 Å². The van der Waals surface area contributed by atoms with E-state index < -0.39 is 5.97 Å². The molecule has 0 aromatic carbocycles. The number of carboxylic acids is 1. The van der Waals surface area contributed by atoms with E-state index in [1.807, 2.05) is 6.08 Å². The highest BCUT2D eigenvalue weighted by Crippen LogP contribution is 2.14. The molecule has 0 aliphatic rings. The molecule has 0 aromatic heterocycles. The molecule has 0 aliphatic carbocycles. The highest BCUT2D eigenvalue weighted by atomic mass is 16.5. The van der Waals surface area contributed by atoms with Gasteiger partial charge in [0, 0.05) is 12.8 Å². The van der Waals surface area contributed by atoms with E-state index in [1.165, 1.54) is 19.3 Å². The van der Waals surface area contributed by atoms with Crippen molar-refractivity contribution in [3.63, 3.8) is 0 Å². The lowest BCUT2D eigenvalue weighted by Crippen LogP contribution is -2.28. The van der Waals surface area contributed by atoms with Gasteiger partial charge in [0.05, 0.1) is 0 Å². The van der Waals surface area contributed by atoms with Gasteiger partial charge in [-0.15, -0.1) is 0 Å². The van der Waals surface area contributed by atoms with Crippen LogP contribution in [0.2, 0.25) is 0 Å². The number of hydrogen-bond donors (Lipinski definition) is 2. The van der Waals surface area contributed by atoms with Crippen molar-refractivity contribution in [2.75, 3.05) is 6.54 Å². The quantitative estimate of drug-likeness (QED) is 0.0397. The van der Waals surface area contributed by atoms with Crippen molar-refractivity contribution in [1.82, 2.24) is 5.32 Å². The van der Waals surface area contributed by atoms with Gasteiger partial charge in [0.15, 0.2) is 0 Å². The number of nitrogens with one attached hydrogen (secondary N) is 1. The zero-order chi connectivity index (χ0) is 36.6. The maximum atomic E-state index is 12.7. The molecule has 1 amide bonds. The second kappa shape index (κ2) is 38.4. The summed E-state index contributed by atoms with van der Waals surface area (Å²) in [6, 6.07) is 0. The summed E-state index contributed by atoms with van der Waals surface area (Å²) in [7, 11) is 0. The van der Waals surface area contributed by atoms with Crippen LogP contribution in [0.25, 0.3) is 0 Å². The largest absolute Gasteiger partial charge is 0.480 e. The summed E-state index contributed by atoms with van der Waals surface area (Å²) in [6.45, 7) is 4.05. The van der Waals surface area contributed by atoms with E-state index in [0.29, 0.717) is 12.8 Å². The molecule has 1 atom stereocenters. The third-order valence-electron chi connectivity index (χ3n) is 8.04. The van der Waals surface area contributed by atoms with Crippen molar-refractivity contribution in [2.45, 2.75) is 168 Å². The van der Waals surface area contributed by atoms with Gasteiger partial charge >= 0.3 is 11.9 Å². The fourth-order valence-corrected chi connectivity index (χ4v) is 5.14. The number of rotatable bonds is 34. The minimum Gasteiger partial charge on any atom is -0.480 e. The van der Waals surface area contributed by atoms with Gasteiger partial charge in [-0.05, 0) is 96.0 Å². The molecule has 50 heavy (non-hydrogen) atoms. The number of ether oxygens (including phenoxy) is 1. The van der Waals surface area contributed by atoms with E-state index in [2.05, 4.69) is 98.2 Å². The third kappa shape index (κ3) is 37.4. The zero-order valence-corrected chi connectivity index (χ0v) is 31.7. The van der Waals surface area contributed by atoms with Gasteiger partial charge in [-0.25, -0.2) is 0 Å². The van der Waals surface area contributed by atoms with E-state index >= 15 is 0 Å². The monoisotopic (exact) mass is 694 g/mol. The summed E-state index contributed by atoms with van der Waals surface area (Å²) >= 11 is 0. The van der Waals surface area contributed by atoms with Crippen molar-refractivity contribution in [3.8, 4) is 0 Å². The van der Waals surface area contributed by atoms with Crippen molar-refractivity contribution in [3.05, 3.63) is 85.1 Å². The number of carboxylic acid groups (broad SMARTS) is 1. The Morgan fingerprint density at radius 1 is 0.560 bits per heavy atom. The van der Waals surface area contributed by atoms with Crippen LogP contribution in [-0.2, 0) is 19.1 Å². The lowest BCUT2D eigenvalue weighted by atomic mass is 10.1. The van der Waals surface area contributed by atoms with E-state index in [9.17, 15) is 14.4 Å². The summed E-state index contributed by atoms with van der Waals surface area (Å²) in [5.74, 6) is -1.36. The molecule has 6 heteroatoms. The number of unbranched alkanes of at least 4 members (excludes halogenated alkanes) is 11. The van der Waals surface area contributed by atoms with Crippen molar-refractivity contribution in [2.24, 2.45) is 0 Å². The van der Waals surface area contributed by atoms with E-state index in [-0.39, 0.29) is 24.5 Å². The number of hydrogen-bond acceptors (Lipinski definition) is 4. The Labute approximate surface area is 306 Å². The first-order valence-corrected chi connectivity index (χ1v) is 19.7. The third-order valence-corrected chi connectivity index (χ3v) is 8.04. The van der Waals surface area contributed by atoms with Crippen molar-refractivity contribution in [1.29, 1.82) is 0 Å². The molecule has 0 aliphatic heterocycles. The molecule has 282 valence electrons. The Balaban J connectivity index is 4.36. The molecule has 0 aromatic rings. The van der Waals surface area contributed by atoms with Crippen molar-refractivity contribution >= 4 is 17.8 Å². The lowest BCUT2D eigenvalue weighted by Gasteiger charge is -2.14. The maximum Gasteiger partial charge on any atom is 0.322 e. The van der Waals surface area contributed by atoms with Gasteiger partial charge in [0.25, 0.3) is 0 Å². The number of amides is 1. The Hall–Kier alpha value is -3.41. The Bertz CT molecular complexity index is 1030. The van der Waals surface area contributed by atoms with Gasteiger partial charge in [-0.2, -0.15) is 0 Å². The van der Waals surface area contributed by atoms with Crippen LogP contribution in [0.5, 0.6) is 0 Å². The second-order valence-electron chi connectivity index (χ2n) is 12.8. The van der Waals surface area contributed by atoms with Crippen LogP contribution in [0, 0.1) is 0 Å². The molecular formula is C44H71NO5. The van der Waals surface area contributed by atoms with Gasteiger partial charge < -0.3 is 15.2 Å². The van der Waals surface area contributed by atoms with Crippen LogP contribution in [0.4, 0.5) is 0 Å². The fraction of sp³-hybridized carbons (Fsp3) is 0.614. The van der Waals surface area contributed by atoms with Crippen LogP contribution in [0.3, 0.4) is 0 Å². The minimum atomic E-state index is -1.03. The molecule has 0 saturated carbocycles. The molecule has 0 saturated heterocycles. The Kier molecular flexibility index (Phi) is 35.8. The van der Waals surface area contributed by atoms with E-state index in [4.69, 9.17) is 9.84 Å². The molecule has 0 radical (unpaired) electrons. The molecule has 6 nitrogen and oxygen atoms in total. The summed E-state index contributed by atoms with van der Waals surface area (Å²) in [5.41, 5.74) is 0. The summed E-state index contributed by atoms with van der Waals surface area (Å²) < 4.78 is 5.89.